The van der Waals surface area contributed by atoms with Crippen molar-refractivity contribution in [3.8, 4) is 0 Å². The summed E-state index contributed by atoms with van der Waals surface area (Å²) in [6, 6.07) is 18.0. The van der Waals surface area contributed by atoms with Gasteiger partial charge in [-0.05, 0) is 51.9 Å². The molecular weight excluding hydrogens is 399 g/mol. The first-order valence-electron chi connectivity index (χ1n) is 8.72. The van der Waals surface area contributed by atoms with E-state index < -0.39 is 22.9 Å². The van der Waals surface area contributed by atoms with Gasteiger partial charge in [0.1, 0.15) is 0 Å². The number of rotatable bonds is 3. The molecule has 0 radical (unpaired) electrons. The molecule has 0 atom stereocenters. The number of hydrogen-bond acceptors (Lipinski definition) is 3. The number of benzene rings is 3. The van der Waals surface area contributed by atoms with Crippen molar-refractivity contribution >= 4 is 39.8 Å². The van der Waals surface area contributed by atoms with Crippen molar-refractivity contribution in [1.82, 2.24) is 4.90 Å². The molecule has 0 unspecified atom stereocenters. The average molecular weight is 413 g/mol. The van der Waals surface area contributed by atoms with Gasteiger partial charge < -0.3 is 0 Å². The normalized spacial score (nSPS) is 16.2. The average Bonchev–Trinajstić information content (AvgIpc) is 2.95. The minimum atomic E-state index is -4.47. The fourth-order valence-electron chi connectivity index (χ4n) is 3.19. The quantitative estimate of drug-likeness (QED) is 0.487. The summed E-state index contributed by atoms with van der Waals surface area (Å²) in [4.78, 5) is 26.4. The Morgan fingerprint density at radius 1 is 0.931 bits per heavy atom. The zero-order valence-corrected chi connectivity index (χ0v) is 15.8. The minimum Gasteiger partial charge on any atom is -0.268 e. The highest BCUT2D eigenvalue weighted by Gasteiger charge is 2.35. The molecule has 7 heteroatoms. The van der Waals surface area contributed by atoms with E-state index in [1.165, 1.54) is 18.2 Å². The molecule has 1 aliphatic heterocycles. The second kappa shape index (κ2) is 7.40. The number of carbonyl (C=O) groups is 2. The highest BCUT2D eigenvalue weighted by molar-refractivity contribution is 8.18. The topological polar surface area (TPSA) is 37.4 Å². The number of alkyl halides is 3. The lowest BCUT2D eigenvalue weighted by Gasteiger charge is -2.14. The number of fused-ring (bicyclic) bond motifs is 1. The van der Waals surface area contributed by atoms with Crippen LogP contribution in [0.1, 0.15) is 16.7 Å². The highest BCUT2D eigenvalue weighted by atomic mass is 32.2. The predicted molar refractivity (Wildman–Crippen MR) is 107 cm³/mol. The number of thioether (sulfide) groups is 1. The third-order valence-corrected chi connectivity index (χ3v) is 5.50. The summed E-state index contributed by atoms with van der Waals surface area (Å²) in [7, 11) is 0. The Kier molecular flexibility index (Phi) is 4.92. The van der Waals surface area contributed by atoms with Crippen LogP contribution in [0.5, 0.6) is 0 Å². The highest BCUT2D eigenvalue weighted by Crippen LogP contribution is 2.35. The molecule has 1 aliphatic rings. The molecule has 3 aromatic carbocycles. The van der Waals surface area contributed by atoms with Crippen molar-refractivity contribution in [2.24, 2.45) is 0 Å². The molecule has 29 heavy (non-hydrogen) atoms. The third kappa shape index (κ3) is 3.91. The van der Waals surface area contributed by atoms with Crippen molar-refractivity contribution in [1.29, 1.82) is 0 Å². The van der Waals surface area contributed by atoms with Gasteiger partial charge in [0.25, 0.3) is 11.1 Å². The lowest BCUT2D eigenvalue weighted by Crippen LogP contribution is -2.27. The molecule has 4 rings (SSSR count). The molecular formula is C22H14F3NO2S. The van der Waals surface area contributed by atoms with E-state index >= 15 is 0 Å². The SMILES string of the molecule is O=C1S/C(=C/c2cccc(C(F)(F)F)c2)C(=O)N1Cc1cccc2ccccc12. The zero-order chi connectivity index (χ0) is 20.6. The molecule has 3 nitrogen and oxygen atoms in total. The standard InChI is InChI=1S/C22H14F3NO2S/c23-22(24,25)17-9-3-5-14(11-17)12-19-20(27)26(21(28)29-19)13-16-8-4-7-15-6-1-2-10-18(15)16/h1-12H,13H2/b19-12+. The van der Waals surface area contributed by atoms with Crippen LogP contribution in [0.4, 0.5) is 18.0 Å². The number of hydrogen-bond donors (Lipinski definition) is 0. The number of imide groups is 1. The van der Waals surface area contributed by atoms with Gasteiger partial charge in [0.2, 0.25) is 0 Å². The second-order valence-corrected chi connectivity index (χ2v) is 7.52. The van der Waals surface area contributed by atoms with E-state index in [-0.39, 0.29) is 17.0 Å². The maximum Gasteiger partial charge on any atom is 0.416 e. The van der Waals surface area contributed by atoms with Crippen molar-refractivity contribution in [3.05, 3.63) is 88.3 Å². The molecule has 3 aromatic rings. The summed E-state index contributed by atoms with van der Waals surface area (Å²) in [5.41, 5.74) is 0.238. The zero-order valence-electron chi connectivity index (χ0n) is 14.9. The maximum atomic E-state index is 12.9. The summed E-state index contributed by atoms with van der Waals surface area (Å²) >= 11 is 0.732. The van der Waals surface area contributed by atoms with Crippen molar-refractivity contribution < 1.29 is 22.8 Å². The molecule has 0 aromatic heterocycles. The first-order chi connectivity index (χ1) is 13.8. The van der Waals surface area contributed by atoms with E-state index in [4.69, 9.17) is 0 Å². The van der Waals surface area contributed by atoms with Crippen LogP contribution < -0.4 is 0 Å². The van der Waals surface area contributed by atoms with Crippen LogP contribution in [0.15, 0.2) is 71.6 Å². The van der Waals surface area contributed by atoms with Gasteiger partial charge in [0.15, 0.2) is 0 Å². The molecule has 0 aliphatic carbocycles. The van der Waals surface area contributed by atoms with Gasteiger partial charge in [-0.25, -0.2) is 0 Å². The van der Waals surface area contributed by atoms with Crippen LogP contribution in [-0.2, 0) is 17.5 Å². The van der Waals surface area contributed by atoms with E-state index in [2.05, 4.69) is 0 Å². The van der Waals surface area contributed by atoms with Crippen molar-refractivity contribution in [2.75, 3.05) is 0 Å². The number of carbonyl (C=O) groups excluding carboxylic acids is 2. The Morgan fingerprint density at radius 3 is 2.45 bits per heavy atom. The second-order valence-electron chi connectivity index (χ2n) is 6.53. The van der Waals surface area contributed by atoms with Gasteiger partial charge in [-0.3, -0.25) is 14.5 Å². The molecule has 0 saturated carbocycles. The van der Waals surface area contributed by atoms with Gasteiger partial charge in [0.05, 0.1) is 17.0 Å². The Balaban J connectivity index is 1.62. The first kappa shape index (κ1) is 19.3. The lowest BCUT2D eigenvalue weighted by atomic mass is 10.0. The third-order valence-electron chi connectivity index (χ3n) is 4.59. The Morgan fingerprint density at radius 2 is 1.66 bits per heavy atom. The molecule has 1 fully saturated rings. The molecule has 0 spiro atoms. The van der Waals surface area contributed by atoms with E-state index in [1.54, 1.807) is 0 Å². The summed E-state index contributed by atoms with van der Waals surface area (Å²) in [6.45, 7) is 0.103. The Labute approximate surface area is 168 Å². The number of nitrogens with zero attached hydrogens (tertiary/aromatic N) is 1. The molecule has 0 N–H and O–H groups in total. The van der Waals surface area contributed by atoms with Gasteiger partial charge in [-0.1, -0.05) is 54.6 Å². The van der Waals surface area contributed by atoms with Crippen molar-refractivity contribution in [2.45, 2.75) is 12.7 Å². The Hall–Kier alpha value is -3.06. The van der Waals surface area contributed by atoms with E-state index in [9.17, 15) is 22.8 Å². The van der Waals surface area contributed by atoms with Crippen LogP contribution in [-0.4, -0.2) is 16.0 Å². The monoisotopic (exact) mass is 413 g/mol. The molecule has 1 saturated heterocycles. The van der Waals surface area contributed by atoms with Gasteiger partial charge in [-0.15, -0.1) is 0 Å². The van der Waals surface area contributed by atoms with E-state index in [0.717, 1.165) is 45.1 Å². The maximum absolute atomic E-state index is 12.9. The van der Waals surface area contributed by atoms with Gasteiger partial charge >= 0.3 is 6.18 Å². The summed E-state index contributed by atoms with van der Waals surface area (Å²) in [5.74, 6) is -0.509. The summed E-state index contributed by atoms with van der Waals surface area (Å²) in [6.07, 6.45) is -3.15. The largest absolute Gasteiger partial charge is 0.416 e. The molecule has 146 valence electrons. The van der Waals surface area contributed by atoms with Crippen LogP contribution in [0.25, 0.3) is 16.8 Å². The number of amides is 2. The van der Waals surface area contributed by atoms with Crippen LogP contribution in [0.3, 0.4) is 0 Å². The Bertz CT molecular complexity index is 1150. The van der Waals surface area contributed by atoms with Gasteiger partial charge in [0, 0.05) is 0 Å². The van der Waals surface area contributed by atoms with Crippen LogP contribution in [0.2, 0.25) is 0 Å². The first-order valence-corrected chi connectivity index (χ1v) is 9.54. The minimum absolute atomic E-state index is 0.103. The summed E-state index contributed by atoms with van der Waals surface area (Å²) < 4.78 is 38.7. The van der Waals surface area contributed by atoms with Gasteiger partial charge in [-0.2, -0.15) is 13.2 Å². The molecule has 2 amide bonds. The van der Waals surface area contributed by atoms with E-state index in [1.807, 2.05) is 42.5 Å². The molecule has 1 heterocycles. The van der Waals surface area contributed by atoms with Crippen molar-refractivity contribution in [3.63, 3.8) is 0 Å². The fourth-order valence-corrected chi connectivity index (χ4v) is 4.03. The van der Waals surface area contributed by atoms with Crippen LogP contribution in [0, 0.1) is 0 Å². The predicted octanol–water partition coefficient (Wildman–Crippen LogP) is 6.10. The summed E-state index contributed by atoms with van der Waals surface area (Å²) in [5, 5.41) is 1.49. The molecule has 0 bridgehead atoms. The fraction of sp³-hybridized carbons (Fsp3) is 0.0909. The number of halogens is 3. The smallest absolute Gasteiger partial charge is 0.268 e. The van der Waals surface area contributed by atoms with Crippen LogP contribution >= 0.6 is 11.8 Å². The van der Waals surface area contributed by atoms with E-state index in [0.29, 0.717) is 0 Å². The lowest BCUT2D eigenvalue weighted by molar-refractivity contribution is -0.137.